The van der Waals surface area contributed by atoms with Gasteiger partial charge < -0.3 is 9.47 Å². The van der Waals surface area contributed by atoms with E-state index < -0.39 is 20.2 Å². The molecular weight excluding hydrogens is 901 g/mol. The van der Waals surface area contributed by atoms with Gasteiger partial charge in [0.25, 0.3) is 0 Å². The zero-order valence-corrected chi connectivity index (χ0v) is 38.0. The Kier molecular flexibility index (Phi) is 17.4. The first-order valence-corrected chi connectivity index (χ1v) is 25.1. The van der Waals surface area contributed by atoms with Crippen LogP contribution in [-0.2, 0) is 3.02 Å². The van der Waals surface area contributed by atoms with Gasteiger partial charge in [0.05, 0.1) is 59.7 Å². The molecule has 2 aromatic heterocycles. The van der Waals surface area contributed by atoms with Gasteiger partial charge in [0.2, 0.25) is 0 Å². The number of ether oxygens (including phenoxy) is 2. The summed E-state index contributed by atoms with van der Waals surface area (Å²) in [4.78, 5) is 0. The minimum atomic E-state index is -6.35. The fraction of sp³-hybridized carbons (Fsp3) is 0.148. The van der Waals surface area contributed by atoms with Crippen LogP contribution in [-0.4, -0.2) is 33.4 Å². The SMILES string of the molecule is CCCCOc1ccc(-c2cc(-c3ccccc3)[o+]c(-c3ccccc3)c2)cc1.CCCCOc1ccc(-c2cc(-c3ccccc3)[o+]c(-c3ccccc3)c2)cc1.[O]=[Sb]([O-])([O-])[F]. The molecule has 0 atom stereocenters. The molecule has 6 aromatic carbocycles. The van der Waals surface area contributed by atoms with Crippen molar-refractivity contribution in [1.82, 2.24) is 0 Å². The molecule has 8 aromatic rings. The Balaban J connectivity index is 0.000000190. The first-order valence-electron chi connectivity index (χ1n) is 21.0. The van der Waals surface area contributed by atoms with E-state index >= 15 is 0 Å². The molecule has 63 heavy (non-hydrogen) atoms. The normalized spacial score (nSPS) is 10.7. The van der Waals surface area contributed by atoms with Crippen LogP contribution < -0.4 is 16.2 Å². The van der Waals surface area contributed by atoms with Crippen LogP contribution in [0.25, 0.3) is 67.5 Å². The predicted octanol–water partition coefficient (Wildman–Crippen LogP) is 13.0. The van der Waals surface area contributed by atoms with Crippen LogP contribution in [0.3, 0.4) is 0 Å². The third-order valence-corrected chi connectivity index (χ3v) is 9.73. The molecule has 8 rings (SSSR count). The fourth-order valence-electron chi connectivity index (χ4n) is 6.47. The van der Waals surface area contributed by atoms with Gasteiger partial charge in [-0.25, -0.2) is 8.83 Å². The Morgan fingerprint density at radius 1 is 0.413 bits per heavy atom. The maximum absolute atomic E-state index is 10.2. The van der Waals surface area contributed by atoms with Crippen LogP contribution in [0.4, 0.5) is 2.81 Å². The molecule has 0 aliphatic heterocycles. The number of halogens is 1. The van der Waals surface area contributed by atoms with E-state index in [1.807, 2.05) is 97.1 Å². The number of unbranched alkanes of at least 4 members (excludes halogenated alkanes) is 2. The Bertz CT molecular complexity index is 2320. The van der Waals surface area contributed by atoms with Crippen molar-refractivity contribution < 1.29 is 30.9 Å². The van der Waals surface area contributed by atoms with Crippen LogP contribution in [0.15, 0.2) is 203 Å². The van der Waals surface area contributed by atoms with Crippen molar-refractivity contribution in [2.24, 2.45) is 0 Å². The van der Waals surface area contributed by atoms with E-state index in [9.17, 15) is 2.81 Å². The summed E-state index contributed by atoms with van der Waals surface area (Å²) in [6.45, 7) is 5.86. The maximum atomic E-state index is 10.2. The van der Waals surface area contributed by atoms with Crippen molar-refractivity contribution in [3.63, 3.8) is 0 Å². The number of hydrogen-bond donors (Lipinski definition) is 0. The van der Waals surface area contributed by atoms with Crippen LogP contribution in [0.1, 0.15) is 39.5 Å². The van der Waals surface area contributed by atoms with E-state index in [4.69, 9.17) is 28.1 Å². The second-order valence-electron chi connectivity index (χ2n) is 14.5. The first-order chi connectivity index (χ1) is 30.7. The van der Waals surface area contributed by atoms with Crippen LogP contribution in [0, 0.1) is 0 Å². The molecule has 0 fully saturated rings. The number of benzene rings is 6. The Labute approximate surface area is 375 Å². The van der Waals surface area contributed by atoms with E-state index in [0.29, 0.717) is 0 Å². The average molecular weight is 952 g/mol. The third-order valence-electron chi connectivity index (χ3n) is 9.73. The molecular formula is C54H50FO7Sb. The molecule has 0 saturated carbocycles. The molecule has 0 aliphatic rings. The zero-order valence-electron chi connectivity index (χ0n) is 35.4. The third kappa shape index (κ3) is 14.9. The molecule has 0 amide bonds. The second kappa shape index (κ2) is 23.8. The van der Waals surface area contributed by atoms with Gasteiger partial charge in [-0.2, -0.15) is 0 Å². The molecule has 0 saturated heterocycles. The monoisotopic (exact) mass is 950 g/mol. The summed E-state index contributed by atoms with van der Waals surface area (Å²) in [5.41, 5.74) is 8.76. The molecule has 0 aliphatic carbocycles. The Morgan fingerprint density at radius 2 is 0.667 bits per heavy atom. The summed E-state index contributed by atoms with van der Waals surface area (Å²) < 4.78 is 60.0. The minimum absolute atomic E-state index is 0.760. The first kappa shape index (κ1) is 46.2. The van der Waals surface area contributed by atoms with Crippen molar-refractivity contribution in [3.8, 4) is 79.0 Å². The molecule has 0 unspecified atom stereocenters. The van der Waals surface area contributed by atoms with E-state index in [-0.39, 0.29) is 0 Å². The quantitative estimate of drug-likeness (QED) is 0.0607. The molecule has 2 heterocycles. The van der Waals surface area contributed by atoms with E-state index in [1.54, 1.807) is 0 Å². The molecule has 0 N–H and O–H groups in total. The van der Waals surface area contributed by atoms with Gasteiger partial charge in [-0.1, -0.05) is 124 Å². The van der Waals surface area contributed by atoms with Gasteiger partial charge in [0, 0.05) is 11.1 Å². The van der Waals surface area contributed by atoms with Crippen LogP contribution in [0.2, 0.25) is 0 Å². The van der Waals surface area contributed by atoms with Crippen LogP contribution in [0.5, 0.6) is 11.5 Å². The zero-order chi connectivity index (χ0) is 44.3. The molecule has 0 bridgehead atoms. The van der Waals surface area contributed by atoms with Crippen LogP contribution >= 0.6 is 0 Å². The standard InChI is InChI=1S/2C27H25O2.FH.3O.Sb/c2*1-2-3-18-28-25-16-14-21(15-17-25)24-19-26(22-10-6-4-7-11-22)29-27(20-24)23-12-8-5-9-13-23;;;;;/h2*4-17,19-20H,2-3,18H2,1H3;1H;;;;/q2*+1;;;2*-1;+1/p-1. The molecule has 9 heteroatoms. The molecule has 7 nitrogen and oxygen atoms in total. The number of hydrogen-bond acceptors (Lipinski definition) is 5. The summed E-state index contributed by atoms with van der Waals surface area (Å²) in [6, 6.07) is 65.9. The van der Waals surface area contributed by atoms with Gasteiger partial charge in [-0.3, -0.25) is 0 Å². The van der Waals surface area contributed by atoms with Crippen molar-refractivity contribution >= 4 is 20.2 Å². The van der Waals surface area contributed by atoms with Gasteiger partial charge in [-0.15, -0.1) is 0 Å². The summed E-state index contributed by atoms with van der Waals surface area (Å²) in [5.74, 6) is 5.23. The van der Waals surface area contributed by atoms with Gasteiger partial charge in [0.15, 0.2) is 0 Å². The van der Waals surface area contributed by atoms with Crippen molar-refractivity contribution in [2.75, 3.05) is 13.2 Å². The number of rotatable bonds is 14. The van der Waals surface area contributed by atoms with Gasteiger partial charge in [-0.05, 0) is 96.8 Å². The molecule has 320 valence electrons. The van der Waals surface area contributed by atoms with Gasteiger partial charge >= 0.3 is 55.9 Å². The van der Waals surface area contributed by atoms with E-state index in [0.717, 1.165) is 118 Å². The fourth-order valence-corrected chi connectivity index (χ4v) is 6.47. The Morgan fingerprint density at radius 3 is 0.905 bits per heavy atom. The summed E-state index contributed by atoms with van der Waals surface area (Å²) in [5, 5.41) is 0. The topological polar surface area (TPSA) is 104 Å². The van der Waals surface area contributed by atoms with E-state index in [2.05, 4.69) is 111 Å². The van der Waals surface area contributed by atoms with Crippen molar-refractivity contribution in [3.05, 3.63) is 194 Å². The van der Waals surface area contributed by atoms with Crippen molar-refractivity contribution in [1.29, 1.82) is 0 Å². The summed E-state index contributed by atoms with van der Waals surface area (Å²) >= 11 is -6.35. The average Bonchev–Trinajstić information content (AvgIpc) is 3.33. The molecule has 0 spiro atoms. The van der Waals surface area contributed by atoms with Crippen molar-refractivity contribution in [2.45, 2.75) is 39.5 Å². The van der Waals surface area contributed by atoms with E-state index in [1.165, 1.54) is 0 Å². The summed E-state index contributed by atoms with van der Waals surface area (Å²) in [7, 11) is 0. The second-order valence-corrected chi connectivity index (χ2v) is 17.0. The summed E-state index contributed by atoms with van der Waals surface area (Å²) in [6.07, 6.45) is 4.41. The Hall–Kier alpha value is -6.31. The predicted molar refractivity (Wildman–Crippen MR) is 247 cm³/mol. The van der Waals surface area contributed by atoms with Gasteiger partial charge in [0.1, 0.15) is 11.5 Å². The molecule has 0 radical (unpaired) electrons.